The minimum Gasteiger partial charge on any atom is -0.550 e. The van der Waals surface area contributed by atoms with Gasteiger partial charge in [-0.25, -0.2) is 0 Å². The summed E-state index contributed by atoms with van der Waals surface area (Å²) in [6.45, 7) is 0.972. The summed E-state index contributed by atoms with van der Waals surface area (Å²) in [5.74, 6) is 0.289. The summed E-state index contributed by atoms with van der Waals surface area (Å²) in [6, 6.07) is 60.8. The summed E-state index contributed by atoms with van der Waals surface area (Å²) in [5, 5.41) is 8.89. The second-order valence-electron chi connectivity index (χ2n) is 11.3. The van der Waals surface area contributed by atoms with Crippen LogP contribution in [-0.4, -0.2) is 11.8 Å². The van der Waals surface area contributed by atoms with Crippen LogP contribution in [0.15, 0.2) is 182 Å². The van der Waals surface area contributed by atoms with Gasteiger partial charge in [-0.05, 0) is 78.7 Å². The molecule has 1 heterocycles. The van der Waals surface area contributed by atoms with Gasteiger partial charge in [0.1, 0.15) is 11.5 Å². The maximum absolute atomic E-state index is 12.8. The van der Waals surface area contributed by atoms with E-state index in [0.717, 1.165) is 40.7 Å². The van der Waals surface area contributed by atoms with E-state index in [1.165, 1.54) is 5.56 Å². The van der Waals surface area contributed by atoms with Crippen molar-refractivity contribution in [1.29, 1.82) is 0 Å². The fraction of sp³-hybridized carbons (Fsp3) is 0.0227. The van der Waals surface area contributed by atoms with E-state index in [0.29, 0.717) is 22.6 Å². The summed E-state index contributed by atoms with van der Waals surface area (Å²) in [5.41, 5.74) is 9.05. The minimum absolute atomic E-state index is 0.00903. The standard InChI is InChI=1S/C42H30NO2.C2H4O2/c44-42(34-19-11-4-12-20-34)35-21-25-38(26-22-35)45-39-27-23-37(24-28-39)43-40(32-15-7-2-8-16-32)29-36(31-13-5-1-6-14-31)30-41(43)33-17-9-3-10-18-33;1-2(3)4/h1-30H;1H3,(H,3,4)/q+1;/p-1. The van der Waals surface area contributed by atoms with E-state index in [2.05, 4.69) is 102 Å². The van der Waals surface area contributed by atoms with Crippen LogP contribution < -0.4 is 14.4 Å². The van der Waals surface area contributed by atoms with Gasteiger partial charge in [0, 0.05) is 52.5 Å². The molecule has 0 N–H and O–H groups in total. The summed E-state index contributed by atoms with van der Waals surface area (Å²) in [7, 11) is 0. The molecule has 7 rings (SSSR count). The van der Waals surface area contributed by atoms with Gasteiger partial charge >= 0.3 is 0 Å². The highest BCUT2D eigenvalue weighted by Crippen LogP contribution is 2.31. The lowest BCUT2D eigenvalue weighted by Crippen LogP contribution is -2.36. The molecule has 0 atom stereocenters. The van der Waals surface area contributed by atoms with Gasteiger partial charge in [0.15, 0.2) is 5.78 Å². The van der Waals surface area contributed by atoms with Crippen LogP contribution in [0.5, 0.6) is 11.5 Å². The molecule has 6 aromatic carbocycles. The van der Waals surface area contributed by atoms with E-state index in [1.807, 2.05) is 72.8 Å². The molecule has 0 saturated carbocycles. The van der Waals surface area contributed by atoms with Crippen molar-refractivity contribution < 1.29 is 24.0 Å². The molecule has 0 aliphatic heterocycles. The topological polar surface area (TPSA) is 70.3 Å². The Morgan fingerprint density at radius 2 is 0.837 bits per heavy atom. The number of hydrogen-bond donors (Lipinski definition) is 0. The van der Waals surface area contributed by atoms with Crippen LogP contribution in [0.25, 0.3) is 39.3 Å². The van der Waals surface area contributed by atoms with Gasteiger partial charge < -0.3 is 14.6 Å². The molecule has 5 nitrogen and oxygen atoms in total. The number of carbonyl (C=O) groups is 2. The quantitative estimate of drug-likeness (QED) is 0.123. The van der Waals surface area contributed by atoms with Crippen LogP contribution in [-0.2, 0) is 4.79 Å². The van der Waals surface area contributed by atoms with E-state index in [4.69, 9.17) is 14.6 Å². The molecule has 0 bridgehead atoms. The summed E-state index contributed by atoms with van der Waals surface area (Å²) >= 11 is 0. The second-order valence-corrected chi connectivity index (χ2v) is 11.3. The van der Waals surface area contributed by atoms with Gasteiger partial charge in [-0.1, -0.05) is 97.1 Å². The first-order chi connectivity index (χ1) is 24.0. The van der Waals surface area contributed by atoms with Crippen molar-refractivity contribution in [3.8, 4) is 50.8 Å². The third kappa shape index (κ3) is 8.05. The first-order valence-corrected chi connectivity index (χ1v) is 15.9. The molecule has 0 amide bonds. The Labute approximate surface area is 286 Å². The highest BCUT2D eigenvalue weighted by atomic mass is 16.5. The number of hydrogen-bond acceptors (Lipinski definition) is 4. The van der Waals surface area contributed by atoms with Crippen molar-refractivity contribution in [2.24, 2.45) is 0 Å². The highest BCUT2D eigenvalue weighted by molar-refractivity contribution is 6.09. The summed E-state index contributed by atoms with van der Waals surface area (Å²) in [4.78, 5) is 21.7. The summed E-state index contributed by atoms with van der Waals surface area (Å²) in [6.07, 6.45) is 0. The molecule has 0 aliphatic carbocycles. The zero-order valence-electron chi connectivity index (χ0n) is 26.9. The molecule has 0 spiro atoms. The lowest BCUT2D eigenvalue weighted by molar-refractivity contribution is -0.572. The van der Waals surface area contributed by atoms with Crippen molar-refractivity contribution >= 4 is 11.8 Å². The largest absolute Gasteiger partial charge is 0.550 e. The van der Waals surface area contributed by atoms with Crippen LogP contribution in [0, 0.1) is 0 Å². The van der Waals surface area contributed by atoms with Crippen molar-refractivity contribution in [1.82, 2.24) is 0 Å². The van der Waals surface area contributed by atoms with Crippen LogP contribution in [0.4, 0.5) is 0 Å². The molecule has 49 heavy (non-hydrogen) atoms. The number of carbonyl (C=O) groups excluding carboxylic acids is 2. The predicted molar refractivity (Wildman–Crippen MR) is 191 cm³/mol. The van der Waals surface area contributed by atoms with Crippen LogP contribution >= 0.6 is 0 Å². The van der Waals surface area contributed by atoms with E-state index in [-0.39, 0.29) is 5.78 Å². The Morgan fingerprint density at radius 1 is 0.469 bits per heavy atom. The van der Waals surface area contributed by atoms with Gasteiger partial charge in [0.2, 0.25) is 17.1 Å². The molecular weight excluding hydrogens is 606 g/mol. The van der Waals surface area contributed by atoms with Crippen molar-refractivity contribution in [2.45, 2.75) is 6.92 Å². The maximum Gasteiger partial charge on any atom is 0.219 e. The SMILES string of the molecule is CC(=O)[O-].O=C(c1ccccc1)c1ccc(Oc2ccc(-[n+]3c(-c4ccccc4)cc(-c4ccccc4)cc3-c3ccccc3)cc2)cc1. The molecule has 1 aromatic heterocycles. The Morgan fingerprint density at radius 3 is 1.29 bits per heavy atom. The van der Waals surface area contributed by atoms with E-state index in [9.17, 15) is 4.79 Å². The number of nitrogens with zero attached hydrogens (tertiary/aromatic N) is 1. The molecule has 5 heteroatoms. The van der Waals surface area contributed by atoms with Crippen LogP contribution in [0.1, 0.15) is 22.8 Å². The van der Waals surface area contributed by atoms with Crippen LogP contribution in [0.2, 0.25) is 0 Å². The second kappa shape index (κ2) is 15.3. The Balaban J connectivity index is 0.000000989. The van der Waals surface area contributed by atoms with Gasteiger partial charge in [0.25, 0.3) is 0 Å². The normalized spacial score (nSPS) is 10.4. The number of pyridine rings is 1. The monoisotopic (exact) mass is 639 g/mol. The molecule has 0 fully saturated rings. The van der Waals surface area contributed by atoms with Crippen molar-refractivity contribution in [2.75, 3.05) is 0 Å². The zero-order valence-corrected chi connectivity index (χ0v) is 26.9. The van der Waals surface area contributed by atoms with E-state index >= 15 is 0 Å². The average molecular weight is 640 g/mol. The van der Waals surface area contributed by atoms with Gasteiger partial charge in [-0.3, -0.25) is 4.79 Å². The smallest absolute Gasteiger partial charge is 0.219 e. The number of aliphatic carboxylic acids is 1. The first-order valence-electron chi connectivity index (χ1n) is 15.9. The Bertz CT molecular complexity index is 2080. The predicted octanol–water partition coefficient (Wildman–Crippen LogP) is 8.74. The van der Waals surface area contributed by atoms with E-state index in [1.54, 1.807) is 12.1 Å². The number of ketones is 1. The maximum atomic E-state index is 12.8. The van der Waals surface area contributed by atoms with Crippen molar-refractivity contribution in [3.63, 3.8) is 0 Å². The number of carboxylic acid groups (broad SMARTS) is 1. The lowest BCUT2D eigenvalue weighted by atomic mass is 9.98. The minimum atomic E-state index is -1.08. The highest BCUT2D eigenvalue weighted by Gasteiger charge is 2.25. The van der Waals surface area contributed by atoms with Gasteiger partial charge in [-0.15, -0.1) is 0 Å². The average Bonchev–Trinajstić information content (AvgIpc) is 3.16. The summed E-state index contributed by atoms with van der Waals surface area (Å²) < 4.78 is 8.51. The third-order valence-electron chi connectivity index (χ3n) is 7.80. The molecule has 0 aliphatic rings. The van der Waals surface area contributed by atoms with Gasteiger partial charge in [-0.2, -0.15) is 4.57 Å². The Hall–Kier alpha value is -6.59. The zero-order chi connectivity index (χ0) is 34.0. The number of rotatable bonds is 8. The van der Waals surface area contributed by atoms with Gasteiger partial charge in [0.05, 0.1) is 0 Å². The van der Waals surface area contributed by atoms with Crippen molar-refractivity contribution in [3.05, 3.63) is 193 Å². The molecular formula is C44H33NO4. The number of aromatic nitrogens is 1. The fourth-order valence-electron chi connectivity index (χ4n) is 5.54. The molecule has 7 aromatic rings. The number of benzene rings is 6. The lowest BCUT2D eigenvalue weighted by Gasteiger charge is -2.13. The third-order valence-corrected chi connectivity index (χ3v) is 7.80. The fourth-order valence-corrected chi connectivity index (χ4v) is 5.54. The molecule has 238 valence electrons. The molecule has 0 saturated heterocycles. The van der Waals surface area contributed by atoms with Crippen LogP contribution in [0.3, 0.4) is 0 Å². The number of carboxylic acids is 1. The molecule has 0 radical (unpaired) electrons. The Kier molecular flexibility index (Phi) is 10.1. The van der Waals surface area contributed by atoms with E-state index < -0.39 is 5.97 Å². The molecule has 0 unspecified atom stereocenters. The first kappa shape index (κ1) is 32.4. The number of ether oxygens (including phenoxy) is 1.